The van der Waals surface area contributed by atoms with Crippen molar-refractivity contribution in [1.29, 1.82) is 0 Å². The van der Waals surface area contributed by atoms with Crippen LogP contribution in [0.2, 0.25) is 0 Å². The van der Waals surface area contributed by atoms with Crippen molar-refractivity contribution >= 4 is 11.2 Å². The average molecular weight is 318 g/mol. The van der Waals surface area contributed by atoms with Crippen LogP contribution in [0, 0.1) is 5.82 Å². The van der Waals surface area contributed by atoms with E-state index >= 15 is 0 Å². The fourth-order valence-electron chi connectivity index (χ4n) is 2.54. The van der Waals surface area contributed by atoms with Gasteiger partial charge in [-0.2, -0.15) is 0 Å². The van der Waals surface area contributed by atoms with E-state index < -0.39 is 23.2 Å². The summed E-state index contributed by atoms with van der Waals surface area (Å²) in [5, 5.41) is 10.3. The van der Waals surface area contributed by atoms with Crippen LogP contribution in [0.3, 0.4) is 0 Å². The molecule has 0 spiro atoms. The van der Waals surface area contributed by atoms with Crippen LogP contribution in [0.4, 0.5) is 4.39 Å². The van der Waals surface area contributed by atoms with Crippen LogP contribution in [-0.4, -0.2) is 23.8 Å². The Morgan fingerprint density at radius 3 is 2.70 bits per heavy atom. The minimum atomic E-state index is -1.01. The first kappa shape index (κ1) is 15.2. The quantitative estimate of drug-likeness (QED) is 0.753. The van der Waals surface area contributed by atoms with Crippen LogP contribution < -0.4 is 11.2 Å². The number of fused-ring (bicyclic) bond motifs is 1. The van der Waals surface area contributed by atoms with Gasteiger partial charge in [-0.1, -0.05) is 12.1 Å². The molecule has 0 saturated heterocycles. The third-order valence-electron chi connectivity index (χ3n) is 3.82. The van der Waals surface area contributed by atoms with E-state index in [0.29, 0.717) is 5.56 Å². The highest BCUT2D eigenvalue weighted by Gasteiger charge is 2.17. The molecule has 1 atom stereocenters. The van der Waals surface area contributed by atoms with Crippen molar-refractivity contribution in [2.75, 3.05) is 0 Å². The summed E-state index contributed by atoms with van der Waals surface area (Å²) in [6.07, 6.45) is 0.374. The summed E-state index contributed by atoms with van der Waals surface area (Å²) in [5.74, 6) is -0.449. The molecule has 1 aromatic carbocycles. The molecule has 0 saturated carbocycles. The van der Waals surface area contributed by atoms with E-state index in [4.69, 9.17) is 0 Å². The minimum absolute atomic E-state index is 0.0212. The molecule has 0 aliphatic heterocycles. The SMILES string of the molecule is Cn1c(=O)c2c(ncn2C[C@H](O)c2cccc(F)c2)n(C)c1=O. The van der Waals surface area contributed by atoms with Crippen molar-refractivity contribution in [2.24, 2.45) is 14.1 Å². The van der Waals surface area contributed by atoms with Crippen molar-refractivity contribution in [3.63, 3.8) is 0 Å². The molecule has 3 aromatic rings. The normalized spacial score (nSPS) is 12.7. The number of benzene rings is 1. The van der Waals surface area contributed by atoms with Gasteiger partial charge in [-0.3, -0.25) is 13.9 Å². The molecule has 23 heavy (non-hydrogen) atoms. The smallest absolute Gasteiger partial charge is 0.332 e. The fourth-order valence-corrected chi connectivity index (χ4v) is 2.54. The van der Waals surface area contributed by atoms with Crippen LogP contribution in [0.25, 0.3) is 11.2 Å². The van der Waals surface area contributed by atoms with Gasteiger partial charge in [-0.15, -0.1) is 0 Å². The number of aryl methyl sites for hydroxylation is 1. The predicted molar refractivity (Wildman–Crippen MR) is 81.6 cm³/mol. The highest BCUT2D eigenvalue weighted by molar-refractivity contribution is 5.69. The standard InChI is InChI=1S/C15H15FN4O3/c1-18-13-12(14(22)19(2)15(18)23)20(8-17-13)7-11(21)9-4-3-5-10(16)6-9/h3-6,8,11,21H,7H2,1-2H3/t11-/m0/s1. The summed E-state index contributed by atoms with van der Waals surface area (Å²) >= 11 is 0. The molecular weight excluding hydrogens is 303 g/mol. The zero-order valence-electron chi connectivity index (χ0n) is 12.6. The summed E-state index contributed by atoms with van der Waals surface area (Å²) < 4.78 is 17.0. The summed E-state index contributed by atoms with van der Waals surface area (Å²) in [6.45, 7) is 0.0212. The van der Waals surface area contributed by atoms with Crippen LogP contribution >= 0.6 is 0 Å². The Morgan fingerprint density at radius 2 is 2.00 bits per heavy atom. The number of nitrogens with zero attached hydrogens (tertiary/aromatic N) is 4. The highest BCUT2D eigenvalue weighted by atomic mass is 19.1. The molecule has 0 amide bonds. The van der Waals surface area contributed by atoms with Gasteiger partial charge in [0.15, 0.2) is 11.2 Å². The zero-order valence-corrected chi connectivity index (χ0v) is 12.6. The maximum Gasteiger partial charge on any atom is 0.332 e. The molecule has 0 aliphatic rings. The van der Waals surface area contributed by atoms with Gasteiger partial charge < -0.3 is 9.67 Å². The summed E-state index contributed by atoms with van der Waals surface area (Å²) in [4.78, 5) is 28.3. The molecular formula is C15H15FN4O3. The molecule has 2 aromatic heterocycles. The van der Waals surface area contributed by atoms with Crippen LogP contribution in [0.5, 0.6) is 0 Å². The summed E-state index contributed by atoms with van der Waals surface area (Å²) in [7, 11) is 2.90. The van der Waals surface area contributed by atoms with Gasteiger partial charge in [0.05, 0.1) is 19.0 Å². The number of imidazole rings is 1. The third kappa shape index (κ3) is 2.46. The Bertz CT molecular complexity index is 1000. The topological polar surface area (TPSA) is 82.0 Å². The van der Waals surface area contributed by atoms with E-state index in [0.717, 1.165) is 4.57 Å². The molecule has 8 heteroatoms. The Kier molecular flexibility index (Phi) is 3.61. The van der Waals surface area contributed by atoms with Crippen molar-refractivity contribution in [1.82, 2.24) is 18.7 Å². The lowest BCUT2D eigenvalue weighted by Gasteiger charge is -2.13. The van der Waals surface area contributed by atoms with E-state index in [-0.39, 0.29) is 17.7 Å². The van der Waals surface area contributed by atoms with Crippen molar-refractivity contribution < 1.29 is 9.50 Å². The Balaban J connectivity index is 2.08. The average Bonchev–Trinajstić information content (AvgIpc) is 2.94. The van der Waals surface area contributed by atoms with E-state index in [2.05, 4.69) is 4.98 Å². The van der Waals surface area contributed by atoms with E-state index in [1.807, 2.05) is 0 Å². The van der Waals surface area contributed by atoms with Gasteiger partial charge >= 0.3 is 5.69 Å². The molecule has 0 radical (unpaired) electrons. The number of hydrogen-bond acceptors (Lipinski definition) is 4. The summed E-state index contributed by atoms with van der Waals surface area (Å²) in [5.41, 5.74) is -0.117. The number of halogens is 1. The van der Waals surface area contributed by atoms with E-state index in [1.165, 1.54) is 47.8 Å². The van der Waals surface area contributed by atoms with Gasteiger partial charge in [-0.25, -0.2) is 14.2 Å². The molecule has 1 N–H and O–H groups in total. The second kappa shape index (κ2) is 5.47. The van der Waals surface area contributed by atoms with Crippen molar-refractivity contribution in [2.45, 2.75) is 12.6 Å². The maximum atomic E-state index is 13.3. The summed E-state index contributed by atoms with van der Waals surface area (Å²) in [6, 6.07) is 5.62. The first-order valence-corrected chi connectivity index (χ1v) is 6.94. The molecule has 0 unspecified atom stereocenters. The number of aromatic nitrogens is 4. The van der Waals surface area contributed by atoms with Crippen LogP contribution in [0.15, 0.2) is 40.2 Å². The number of aliphatic hydroxyl groups is 1. The molecule has 0 fully saturated rings. The molecule has 120 valence electrons. The van der Waals surface area contributed by atoms with Crippen molar-refractivity contribution in [3.05, 3.63) is 62.8 Å². The molecule has 3 rings (SSSR count). The van der Waals surface area contributed by atoms with Gasteiger partial charge in [0.2, 0.25) is 0 Å². The van der Waals surface area contributed by atoms with Gasteiger partial charge in [0, 0.05) is 14.1 Å². The fraction of sp³-hybridized carbons (Fsp3) is 0.267. The number of hydrogen-bond donors (Lipinski definition) is 1. The van der Waals surface area contributed by atoms with Gasteiger partial charge in [0.25, 0.3) is 5.56 Å². The first-order chi connectivity index (χ1) is 10.9. The molecule has 0 bridgehead atoms. The third-order valence-corrected chi connectivity index (χ3v) is 3.82. The van der Waals surface area contributed by atoms with Gasteiger partial charge in [0.1, 0.15) is 5.82 Å². The lowest BCUT2D eigenvalue weighted by atomic mass is 10.1. The lowest BCUT2D eigenvalue weighted by Crippen LogP contribution is -2.37. The van der Waals surface area contributed by atoms with Crippen molar-refractivity contribution in [3.8, 4) is 0 Å². The largest absolute Gasteiger partial charge is 0.387 e. The van der Waals surface area contributed by atoms with Crippen LogP contribution in [0.1, 0.15) is 11.7 Å². The Morgan fingerprint density at radius 1 is 1.26 bits per heavy atom. The Labute approximate surface area is 129 Å². The molecule has 0 aliphatic carbocycles. The number of aliphatic hydroxyl groups excluding tert-OH is 1. The van der Waals surface area contributed by atoms with E-state index in [1.54, 1.807) is 6.07 Å². The van der Waals surface area contributed by atoms with Crippen LogP contribution in [-0.2, 0) is 20.6 Å². The lowest BCUT2D eigenvalue weighted by molar-refractivity contribution is 0.157. The Hall–Kier alpha value is -2.74. The molecule has 2 heterocycles. The molecule has 7 nitrogen and oxygen atoms in total. The first-order valence-electron chi connectivity index (χ1n) is 6.94. The second-order valence-corrected chi connectivity index (χ2v) is 5.35. The van der Waals surface area contributed by atoms with Gasteiger partial charge in [-0.05, 0) is 17.7 Å². The maximum absolute atomic E-state index is 13.3. The second-order valence-electron chi connectivity index (χ2n) is 5.35. The van der Waals surface area contributed by atoms with E-state index in [9.17, 15) is 19.1 Å². The monoisotopic (exact) mass is 318 g/mol. The number of rotatable bonds is 3. The zero-order chi connectivity index (χ0) is 16.7. The predicted octanol–water partition coefficient (Wildman–Crippen LogP) is 0.306. The highest BCUT2D eigenvalue weighted by Crippen LogP contribution is 2.17. The minimum Gasteiger partial charge on any atom is -0.387 e.